The molecule has 0 aromatic heterocycles. The number of rotatable bonds is 8. The Bertz CT molecular complexity index is 1330. The molecule has 3 aromatic rings. The molecule has 1 amide bonds. The van der Waals surface area contributed by atoms with Gasteiger partial charge in [-0.25, -0.2) is 0 Å². The number of methoxy groups -OCH3 is 1. The Balaban J connectivity index is 1.82. The topological polar surface area (TPSA) is 114 Å². The first-order valence-electron chi connectivity index (χ1n) is 10.2. The number of carbonyl (C=O) groups is 1. The summed E-state index contributed by atoms with van der Waals surface area (Å²) in [6, 6.07) is 16.4. The van der Waals surface area contributed by atoms with Crippen LogP contribution in [0, 0.1) is 28.4 Å². The highest BCUT2D eigenvalue weighted by Crippen LogP contribution is 2.38. The molecule has 3 aromatic carbocycles. The first-order valence-corrected chi connectivity index (χ1v) is 11.3. The summed E-state index contributed by atoms with van der Waals surface area (Å²) in [5.74, 6) is 0.169. The summed E-state index contributed by atoms with van der Waals surface area (Å²) in [4.78, 5) is 23.1. The first kappa shape index (κ1) is 25.7. The molecular weight excluding hydrogens is 538 g/mol. The van der Waals surface area contributed by atoms with Crippen LogP contribution in [0.25, 0.3) is 6.08 Å². The van der Waals surface area contributed by atoms with E-state index in [9.17, 15) is 20.2 Å². The standard InChI is InChI=1S/C25H19BrClN3O5/c1-15-4-3-5-21(27)23(15)29-25(31)18(13-28)10-17-11-20(26)24(22(12-17)34-2)35-14-16-6-8-19(9-7-16)30(32)33/h3-12H,14H2,1-2H3,(H,29,31)/b18-10+. The molecule has 0 aliphatic carbocycles. The quantitative estimate of drug-likeness (QED) is 0.148. The molecule has 0 unspecified atom stereocenters. The van der Waals surface area contributed by atoms with E-state index >= 15 is 0 Å². The molecule has 0 saturated carbocycles. The Labute approximate surface area is 215 Å². The Morgan fingerprint density at radius 1 is 1.26 bits per heavy atom. The number of nitriles is 1. The molecule has 35 heavy (non-hydrogen) atoms. The van der Waals surface area contributed by atoms with Gasteiger partial charge in [-0.2, -0.15) is 5.26 Å². The monoisotopic (exact) mass is 555 g/mol. The number of nitrogens with one attached hydrogen (secondary N) is 1. The number of benzene rings is 3. The fraction of sp³-hybridized carbons (Fsp3) is 0.120. The van der Waals surface area contributed by atoms with E-state index in [-0.39, 0.29) is 17.9 Å². The van der Waals surface area contributed by atoms with Gasteiger partial charge >= 0.3 is 0 Å². The average Bonchev–Trinajstić information content (AvgIpc) is 2.84. The highest BCUT2D eigenvalue weighted by molar-refractivity contribution is 9.10. The number of non-ortho nitro benzene ring substituents is 1. The molecule has 178 valence electrons. The normalized spacial score (nSPS) is 10.9. The zero-order chi connectivity index (χ0) is 25.5. The molecule has 10 heteroatoms. The number of para-hydroxylation sites is 1. The number of aryl methyl sites for hydroxylation is 1. The van der Waals surface area contributed by atoms with Crippen molar-refractivity contribution in [3.05, 3.63) is 96.5 Å². The third kappa shape index (κ3) is 6.38. The zero-order valence-corrected chi connectivity index (χ0v) is 21.0. The van der Waals surface area contributed by atoms with Crippen LogP contribution in [-0.2, 0) is 11.4 Å². The summed E-state index contributed by atoms with van der Waals surface area (Å²) >= 11 is 9.61. The zero-order valence-electron chi connectivity index (χ0n) is 18.7. The van der Waals surface area contributed by atoms with Crippen LogP contribution < -0.4 is 14.8 Å². The van der Waals surface area contributed by atoms with Gasteiger partial charge < -0.3 is 14.8 Å². The van der Waals surface area contributed by atoms with E-state index in [1.807, 2.05) is 6.07 Å². The highest BCUT2D eigenvalue weighted by Gasteiger charge is 2.16. The van der Waals surface area contributed by atoms with E-state index in [1.165, 1.54) is 25.3 Å². The third-order valence-electron chi connectivity index (χ3n) is 4.92. The van der Waals surface area contributed by atoms with E-state index < -0.39 is 10.8 Å². The molecule has 1 N–H and O–H groups in total. The smallest absolute Gasteiger partial charge is 0.269 e. The van der Waals surface area contributed by atoms with Crippen LogP contribution in [0.3, 0.4) is 0 Å². The van der Waals surface area contributed by atoms with Crippen molar-refractivity contribution in [3.8, 4) is 17.6 Å². The van der Waals surface area contributed by atoms with Crippen molar-refractivity contribution in [2.24, 2.45) is 0 Å². The number of ether oxygens (including phenoxy) is 2. The summed E-state index contributed by atoms with van der Waals surface area (Å²) < 4.78 is 11.8. The van der Waals surface area contributed by atoms with E-state index in [1.54, 1.807) is 49.4 Å². The van der Waals surface area contributed by atoms with Crippen molar-refractivity contribution in [1.29, 1.82) is 5.26 Å². The number of nitro groups is 1. The Morgan fingerprint density at radius 2 is 1.97 bits per heavy atom. The van der Waals surface area contributed by atoms with Gasteiger partial charge in [0.15, 0.2) is 11.5 Å². The minimum Gasteiger partial charge on any atom is -0.493 e. The molecule has 8 nitrogen and oxygen atoms in total. The second-order valence-electron chi connectivity index (χ2n) is 7.30. The fourth-order valence-corrected chi connectivity index (χ4v) is 3.96. The van der Waals surface area contributed by atoms with Crippen LogP contribution >= 0.6 is 27.5 Å². The summed E-state index contributed by atoms with van der Waals surface area (Å²) in [5.41, 5.74) is 2.32. The van der Waals surface area contributed by atoms with Crippen molar-refractivity contribution >= 4 is 50.9 Å². The van der Waals surface area contributed by atoms with Gasteiger partial charge in [0.2, 0.25) is 0 Å². The summed E-state index contributed by atoms with van der Waals surface area (Å²) in [5, 5.41) is 23.4. The lowest BCUT2D eigenvalue weighted by Gasteiger charge is -2.14. The minimum atomic E-state index is -0.600. The van der Waals surface area contributed by atoms with E-state index in [0.717, 1.165) is 11.1 Å². The number of halogens is 2. The van der Waals surface area contributed by atoms with Crippen LogP contribution in [0.15, 0.2) is 64.6 Å². The second-order valence-corrected chi connectivity index (χ2v) is 8.56. The van der Waals surface area contributed by atoms with Gasteiger partial charge in [0.25, 0.3) is 11.6 Å². The van der Waals surface area contributed by atoms with Crippen LogP contribution in [0.4, 0.5) is 11.4 Å². The van der Waals surface area contributed by atoms with Crippen molar-refractivity contribution in [2.75, 3.05) is 12.4 Å². The molecular formula is C25H19BrClN3O5. The lowest BCUT2D eigenvalue weighted by molar-refractivity contribution is -0.384. The first-order chi connectivity index (χ1) is 16.7. The molecule has 0 bridgehead atoms. The fourth-order valence-electron chi connectivity index (χ4n) is 3.12. The third-order valence-corrected chi connectivity index (χ3v) is 5.82. The van der Waals surface area contributed by atoms with Gasteiger partial charge in [0, 0.05) is 12.1 Å². The van der Waals surface area contributed by atoms with Crippen molar-refractivity contribution in [1.82, 2.24) is 0 Å². The SMILES string of the molecule is COc1cc(/C=C(\C#N)C(=O)Nc2c(C)cccc2Cl)cc(Br)c1OCc1ccc([N+](=O)[O-])cc1. The summed E-state index contributed by atoms with van der Waals surface area (Å²) in [6.07, 6.45) is 1.43. The average molecular weight is 557 g/mol. The molecule has 0 saturated heterocycles. The number of nitrogens with zero attached hydrogens (tertiary/aromatic N) is 2. The van der Waals surface area contributed by atoms with Gasteiger partial charge in [-0.3, -0.25) is 14.9 Å². The van der Waals surface area contributed by atoms with Crippen LogP contribution in [0.1, 0.15) is 16.7 Å². The molecule has 0 aliphatic heterocycles. The number of hydrogen-bond acceptors (Lipinski definition) is 6. The minimum absolute atomic E-state index is 0.00863. The number of nitro benzene ring substituents is 1. The molecule has 0 spiro atoms. The number of anilines is 1. The Hall–Kier alpha value is -3.87. The highest BCUT2D eigenvalue weighted by atomic mass is 79.9. The van der Waals surface area contributed by atoms with E-state index in [0.29, 0.717) is 32.2 Å². The maximum absolute atomic E-state index is 12.7. The summed E-state index contributed by atoms with van der Waals surface area (Å²) in [6.45, 7) is 1.94. The Morgan fingerprint density at radius 3 is 2.57 bits per heavy atom. The Kier molecular flexibility index (Phi) is 8.47. The summed E-state index contributed by atoms with van der Waals surface area (Å²) in [7, 11) is 1.46. The number of amides is 1. The van der Waals surface area contributed by atoms with Crippen molar-refractivity contribution in [2.45, 2.75) is 13.5 Å². The molecule has 3 rings (SSSR count). The van der Waals surface area contributed by atoms with Crippen LogP contribution in [-0.4, -0.2) is 17.9 Å². The second kappa shape index (κ2) is 11.5. The van der Waals surface area contributed by atoms with Gasteiger partial charge in [-0.05, 0) is 76.0 Å². The van der Waals surface area contributed by atoms with Gasteiger partial charge in [-0.1, -0.05) is 23.7 Å². The predicted octanol–water partition coefficient (Wildman–Crippen LogP) is 6.45. The van der Waals surface area contributed by atoms with Gasteiger partial charge in [0.1, 0.15) is 18.2 Å². The molecule has 0 atom stereocenters. The van der Waals surface area contributed by atoms with E-state index in [2.05, 4.69) is 21.2 Å². The molecule has 0 heterocycles. The molecule has 0 radical (unpaired) electrons. The molecule has 0 aliphatic rings. The number of carbonyl (C=O) groups excluding carboxylic acids is 1. The lowest BCUT2D eigenvalue weighted by Crippen LogP contribution is -2.14. The number of hydrogen-bond donors (Lipinski definition) is 1. The van der Waals surface area contributed by atoms with Crippen molar-refractivity contribution < 1.29 is 19.2 Å². The largest absolute Gasteiger partial charge is 0.493 e. The maximum Gasteiger partial charge on any atom is 0.269 e. The van der Waals surface area contributed by atoms with E-state index in [4.69, 9.17) is 21.1 Å². The lowest BCUT2D eigenvalue weighted by atomic mass is 10.1. The van der Waals surface area contributed by atoms with Gasteiger partial charge in [-0.15, -0.1) is 0 Å². The van der Waals surface area contributed by atoms with Gasteiger partial charge in [0.05, 0.1) is 27.2 Å². The maximum atomic E-state index is 12.7. The molecule has 0 fully saturated rings. The van der Waals surface area contributed by atoms with Crippen LogP contribution in [0.2, 0.25) is 5.02 Å². The predicted molar refractivity (Wildman–Crippen MR) is 137 cm³/mol. The van der Waals surface area contributed by atoms with Crippen molar-refractivity contribution in [3.63, 3.8) is 0 Å². The van der Waals surface area contributed by atoms with Crippen LogP contribution in [0.5, 0.6) is 11.5 Å².